The standard InChI is InChI=1S/C15H23N3O/c1-11(6-7-16)17(2)10-12-4-5-14-13(8-12)9-15(19)18(14)3/h4-5,8,11H,6-7,9-10,16H2,1-3H3. The Morgan fingerprint density at radius 2 is 2.21 bits per heavy atom. The zero-order valence-electron chi connectivity index (χ0n) is 12.0. The van der Waals surface area contributed by atoms with Crippen LogP contribution >= 0.6 is 0 Å². The molecule has 19 heavy (non-hydrogen) atoms. The molecule has 1 unspecified atom stereocenters. The number of hydrogen-bond acceptors (Lipinski definition) is 3. The van der Waals surface area contributed by atoms with Crippen molar-refractivity contribution in [2.24, 2.45) is 5.73 Å². The highest BCUT2D eigenvalue weighted by Gasteiger charge is 2.24. The van der Waals surface area contributed by atoms with Crippen molar-refractivity contribution in [2.75, 3.05) is 25.5 Å². The summed E-state index contributed by atoms with van der Waals surface area (Å²) in [6.07, 6.45) is 1.53. The minimum atomic E-state index is 0.178. The molecule has 1 aromatic rings. The molecule has 0 spiro atoms. The van der Waals surface area contributed by atoms with E-state index < -0.39 is 0 Å². The van der Waals surface area contributed by atoms with Crippen LogP contribution < -0.4 is 10.6 Å². The van der Waals surface area contributed by atoms with Crippen LogP contribution in [-0.4, -0.2) is 37.5 Å². The normalized spacial score (nSPS) is 16.1. The summed E-state index contributed by atoms with van der Waals surface area (Å²) in [5.41, 5.74) is 9.04. The third-order valence-electron chi connectivity index (χ3n) is 3.99. The third-order valence-corrected chi connectivity index (χ3v) is 3.99. The predicted molar refractivity (Wildman–Crippen MR) is 78.2 cm³/mol. The fraction of sp³-hybridized carbons (Fsp3) is 0.533. The van der Waals surface area contributed by atoms with Crippen LogP contribution in [0.25, 0.3) is 0 Å². The number of benzene rings is 1. The molecule has 0 fully saturated rings. The van der Waals surface area contributed by atoms with Crippen LogP contribution in [0.2, 0.25) is 0 Å². The number of amides is 1. The maximum Gasteiger partial charge on any atom is 0.231 e. The van der Waals surface area contributed by atoms with Gasteiger partial charge in [0.25, 0.3) is 0 Å². The zero-order valence-corrected chi connectivity index (χ0v) is 12.0. The van der Waals surface area contributed by atoms with Crippen LogP contribution in [0.1, 0.15) is 24.5 Å². The first kappa shape index (κ1) is 14.0. The lowest BCUT2D eigenvalue weighted by Crippen LogP contribution is -2.30. The molecule has 0 radical (unpaired) electrons. The molecule has 1 heterocycles. The quantitative estimate of drug-likeness (QED) is 0.871. The molecule has 2 rings (SSSR count). The van der Waals surface area contributed by atoms with Gasteiger partial charge in [0.05, 0.1) is 6.42 Å². The Balaban J connectivity index is 2.08. The first-order valence-corrected chi connectivity index (χ1v) is 6.81. The topological polar surface area (TPSA) is 49.6 Å². The lowest BCUT2D eigenvalue weighted by molar-refractivity contribution is -0.117. The first-order chi connectivity index (χ1) is 9.02. The van der Waals surface area contributed by atoms with E-state index in [1.807, 2.05) is 7.05 Å². The smallest absolute Gasteiger partial charge is 0.231 e. The van der Waals surface area contributed by atoms with Crippen molar-refractivity contribution in [3.63, 3.8) is 0 Å². The summed E-state index contributed by atoms with van der Waals surface area (Å²) in [5, 5.41) is 0. The van der Waals surface area contributed by atoms with Crippen LogP contribution in [-0.2, 0) is 17.8 Å². The minimum absolute atomic E-state index is 0.178. The van der Waals surface area contributed by atoms with E-state index in [2.05, 4.69) is 37.1 Å². The van der Waals surface area contributed by atoms with E-state index in [-0.39, 0.29) is 5.91 Å². The maximum absolute atomic E-state index is 11.7. The molecule has 0 saturated heterocycles. The van der Waals surface area contributed by atoms with Gasteiger partial charge < -0.3 is 10.6 Å². The second-order valence-corrected chi connectivity index (χ2v) is 5.43. The second-order valence-electron chi connectivity index (χ2n) is 5.43. The molecule has 4 nitrogen and oxygen atoms in total. The summed E-state index contributed by atoms with van der Waals surface area (Å²) in [6.45, 7) is 3.80. The van der Waals surface area contributed by atoms with Gasteiger partial charge in [0.2, 0.25) is 5.91 Å². The van der Waals surface area contributed by atoms with Crippen LogP contribution in [0, 0.1) is 0 Å². The largest absolute Gasteiger partial charge is 0.330 e. The Kier molecular flexibility index (Phi) is 4.22. The van der Waals surface area contributed by atoms with Gasteiger partial charge in [0.1, 0.15) is 0 Å². The van der Waals surface area contributed by atoms with Gasteiger partial charge in [-0.2, -0.15) is 0 Å². The Labute approximate surface area is 115 Å². The van der Waals surface area contributed by atoms with Crippen molar-refractivity contribution in [1.29, 1.82) is 0 Å². The van der Waals surface area contributed by atoms with Crippen molar-refractivity contribution in [2.45, 2.75) is 32.4 Å². The molecule has 1 aromatic carbocycles. The Bertz CT molecular complexity index is 472. The van der Waals surface area contributed by atoms with Gasteiger partial charge in [-0.25, -0.2) is 0 Å². The molecule has 104 valence electrons. The summed E-state index contributed by atoms with van der Waals surface area (Å²) in [5.74, 6) is 0.178. The van der Waals surface area contributed by atoms with E-state index in [0.29, 0.717) is 12.5 Å². The third kappa shape index (κ3) is 2.96. The fourth-order valence-electron chi connectivity index (χ4n) is 2.53. The van der Waals surface area contributed by atoms with Crippen LogP contribution in [0.3, 0.4) is 0 Å². The second kappa shape index (κ2) is 5.72. The van der Waals surface area contributed by atoms with Crippen molar-refractivity contribution >= 4 is 11.6 Å². The van der Waals surface area contributed by atoms with E-state index in [1.165, 1.54) is 5.56 Å². The van der Waals surface area contributed by atoms with E-state index in [1.54, 1.807) is 4.90 Å². The first-order valence-electron chi connectivity index (χ1n) is 6.81. The van der Waals surface area contributed by atoms with E-state index in [9.17, 15) is 4.79 Å². The average molecular weight is 261 g/mol. The molecular weight excluding hydrogens is 238 g/mol. The molecule has 0 aliphatic carbocycles. The van der Waals surface area contributed by atoms with Crippen LogP contribution in [0.5, 0.6) is 0 Å². The highest BCUT2D eigenvalue weighted by Crippen LogP contribution is 2.28. The lowest BCUT2D eigenvalue weighted by Gasteiger charge is -2.24. The number of nitrogens with two attached hydrogens (primary N) is 1. The summed E-state index contributed by atoms with van der Waals surface area (Å²) >= 11 is 0. The lowest BCUT2D eigenvalue weighted by atomic mass is 10.1. The number of hydrogen-bond donors (Lipinski definition) is 1. The van der Waals surface area contributed by atoms with Crippen molar-refractivity contribution < 1.29 is 4.79 Å². The molecule has 1 atom stereocenters. The molecule has 1 aliphatic rings. The predicted octanol–water partition coefficient (Wildman–Crippen LogP) is 1.37. The van der Waals surface area contributed by atoms with Crippen molar-refractivity contribution in [3.8, 4) is 0 Å². The van der Waals surface area contributed by atoms with Gasteiger partial charge in [-0.15, -0.1) is 0 Å². The number of likely N-dealkylation sites (N-methyl/N-ethyl adjacent to an activating group) is 1. The van der Waals surface area contributed by atoms with Crippen LogP contribution in [0.15, 0.2) is 18.2 Å². The van der Waals surface area contributed by atoms with Gasteiger partial charge in [-0.3, -0.25) is 9.69 Å². The molecule has 1 aliphatic heterocycles. The molecule has 0 saturated carbocycles. The van der Waals surface area contributed by atoms with E-state index >= 15 is 0 Å². The summed E-state index contributed by atoms with van der Waals surface area (Å²) < 4.78 is 0. The van der Waals surface area contributed by atoms with Crippen LogP contribution in [0.4, 0.5) is 5.69 Å². The van der Waals surface area contributed by atoms with Gasteiger partial charge in [0.15, 0.2) is 0 Å². The molecule has 1 amide bonds. The van der Waals surface area contributed by atoms with Gasteiger partial charge in [-0.05, 0) is 44.1 Å². The molecule has 2 N–H and O–H groups in total. The number of fused-ring (bicyclic) bond motifs is 1. The number of carbonyl (C=O) groups excluding carboxylic acids is 1. The fourth-order valence-corrected chi connectivity index (χ4v) is 2.53. The minimum Gasteiger partial charge on any atom is -0.330 e. The van der Waals surface area contributed by atoms with Gasteiger partial charge in [0, 0.05) is 25.3 Å². The summed E-state index contributed by atoms with van der Waals surface area (Å²) in [7, 11) is 3.95. The van der Waals surface area contributed by atoms with E-state index in [4.69, 9.17) is 5.73 Å². The molecule has 0 bridgehead atoms. The summed E-state index contributed by atoms with van der Waals surface area (Å²) in [4.78, 5) is 15.7. The highest BCUT2D eigenvalue weighted by molar-refractivity contribution is 6.00. The molecular formula is C15H23N3O. The van der Waals surface area contributed by atoms with Crippen molar-refractivity contribution in [1.82, 2.24) is 4.90 Å². The highest BCUT2D eigenvalue weighted by atomic mass is 16.2. The molecule has 0 aromatic heterocycles. The monoisotopic (exact) mass is 261 g/mol. The van der Waals surface area contributed by atoms with E-state index in [0.717, 1.165) is 30.8 Å². The number of carbonyl (C=O) groups is 1. The maximum atomic E-state index is 11.7. The Morgan fingerprint density at radius 1 is 1.47 bits per heavy atom. The van der Waals surface area contributed by atoms with Crippen molar-refractivity contribution in [3.05, 3.63) is 29.3 Å². The number of nitrogens with zero attached hydrogens (tertiary/aromatic N) is 2. The summed E-state index contributed by atoms with van der Waals surface area (Å²) in [6, 6.07) is 6.79. The van der Waals surface area contributed by atoms with Gasteiger partial charge in [-0.1, -0.05) is 12.1 Å². The number of anilines is 1. The van der Waals surface area contributed by atoms with Gasteiger partial charge >= 0.3 is 0 Å². The molecule has 4 heteroatoms. The number of rotatable bonds is 5. The Morgan fingerprint density at radius 3 is 2.89 bits per heavy atom. The SMILES string of the molecule is CC(CCN)N(C)Cc1ccc2c(c1)CC(=O)N2C. The zero-order chi connectivity index (χ0) is 14.0. The Hall–Kier alpha value is -1.39. The average Bonchev–Trinajstić information content (AvgIpc) is 2.65.